The lowest BCUT2D eigenvalue weighted by Crippen LogP contribution is -2.47. The Balaban J connectivity index is 1.31. The van der Waals surface area contributed by atoms with Gasteiger partial charge in [-0.2, -0.15) is 10.2 Å². The fourth-order valence-electron chi connectivity index (χ4n) is 4.35. The molecule has 2 aliphatic heterocycles. The first-order chi connectivity index (χ1) is 13.1. The number of piperidine rings is 1. The molecule has 0 bridgehead atoms. The maximum absolute atomic E-state index is 12.5. The Kier molecular flexibility index (Phi) is 6.87. The third kappa shape index (κ3) is 6.05. The van der Waals surface area contributed by atoms with Crippen molar-refractivity contribution >= 4 is 11.8 Å². The Morgan fingerprint density at radius 3 is 2.41 bits per heavy atom. The normalized spacial score (nSPS) is 22.3. The quantitative estimate of drug-likeness (QED) is 0.663. The fraction of sp³-hybridized carbons (Fsp3) is 0.810. The highest BCUT2D eigenvalue weighted by Gasteiger charge is 2.39. The van der Waals surface area contributed by atoms with Crippen LogP contribution in [0.3, 0.4) is 0 Å². The number of hydrogen-bond acceptors (Lipinski definition) is 4. The minimum absolute atomic E-state index is 0.166. The van der Waals surface area contributed by atoms with Gasteiger partial charge in [0.05, 0.1) is 0 Å². The summed E-state index contributed by atoms with van der Waals surface area (Å²) in [6.07, 6.45) is 16.4. The second-order valence-electron chi connectivity index (χ2n) is 8.32. The fourth-order valence-corrected chi connectivity index (χ4v) is 4.35. The van der Waals surface area contributed by atoms with E-state index in [0.717, 1.165) is 32.4 Å². The lowest BCUT2D eigenvalue weighted by atomic mass is 9.86. The molecule has 6 nitrogen and oxygen atoms in total. The molecule has 3 aliphatic rings. The molecular formula is C21H32N4O2. The van der Waals surface area contributed by atoms with E-state index in [1.165, 1.54) is 32.1 Å². The summed E-state index contributed by atoms with van der Waals surface area (Å²) in [5, 5.41) is 11.4. The van der Waals surface area contributed by atoms with E-state index in [1.54, 1.807) is 0 Å². The highest BCUT2D eigenvalue weighted by atomic mass is 16.2. The molecule has 1 saturated heterocycles. The van der Waals surface area contributed by atoms with Gasteiger partial charge in [-0.15, -0.1) is 12.3 Å². The number of carbonyl (C=O) groups excluding carboxylic acids is 2. The monoisotopic (exact) mass is 372 g/mol. The number of nitrogens with zero attached hydrogens (tertiary/aromatic N) is 3. The van der Waals surface area contributed by atoms with Gasteiger partial charge in [-0.3, -0.25) is 9.59 Å². The van der Waals surface area contributed by atoms with E-state index in [0.29, 0.717) is 31.6 Å². The highest BCUT2D eigenvalue weighted by molar-refractivity contribution is 5.77. The number of likely N-dealkylation sites (tertiary alicyclic amines) is 1. The third-order valence-electron chi connectivity index (χ3n) is 6.20. The number of carbonyl (C=O) groups is 2. The predicted octanol–water partition coefficient (Wildman–Crippen LogP) is 3.42. The minimum Gasteiger partial charge on any atom is -0.353 e. The summed E-state index contributed by atoms with van der Waals surface area (Å²) in [5.41, 5.74) is -0.382. The summed E-state index contributed by atoms with van der Waals surface area (Å²) in [6, 6.07) is 0.209. The molecule has 0 spiro atoms. The predicted molar refractivity (Wildman–Crippen MR) is 104 cm³/mol. The van der Waals surface area contributed by atoms with E-state index in [9.17, 15) is 9.59 Å². The number of terminal acetylenes is 1. The summed E-state index contributed by atoms with van der Waals surface area (Å²) in [4.78, 5) is 26.6. The van der Waals surface area contributed by atoms with Crippen LogP contribution in [0.15, 0.2) is 10.2 Å². The molecular weight excluding hydrogens is 340 g/mol. The van der Waals surface area contributed by atoms with Crippen molar-refractivity contribution in [3.8, 4) is 12.3 Å². The SMILES string of the molecule is C#CCCC1(CCC(=O)N2CCC(NC(=O)CC3CCCCC3)CC2)N=N1. The Morgan fingerprint density at radius 1 is 1.07 bits per heavy atom. The van der Waals surface area contributed by atoms with Crippen LogP contribution in [0.5, 0.6) is 0 Å². The molecule has 148 valence electrons. The van der Waals surface area contributed by atoms with Crippen LogP contribution in [0.4, 0.5) is 0 Å². The van der Waals surface area contributed by atoms with Gasteiger partial charge in [-0.1, -0.05) is 19.3 Å². The van der Waals surface area contributed by atoms with E-state index in [2.05, 4.69) is 21.5 Å². The van der Waals surface area contributed by atoms with E-state index < -0.39 is 0 Å². The highest BCUT2D eigenvalue weighted by Crippen LogP contribution is 2.37. The number of hydrogen-bond donors (Lipinski definition) is 1. The molecule has 0 aromatic carbocycles. The lowest BCUT2D eigenvalue weighted by Gasteiger charge is -2.33. The van der Waals surface area contributed by atoms with Gasteiger partial charge < -0.3 is 10.2 Å². The van der Waals surface area contributed by atoms with Crippen molar-refractivity contribution in [3.63, 3.8) is 0 Å². The zero-order valence-electron chi connectivity index (χ0n) is 16.3. The van der Waals surface area contributed by atoms with Crippen molar-refractivity contribution in [2.24, 2.45) is 16.1 Å². The molecule has 1 aliphatic carbocycles. The molecule has 2 heterocycles. The van der Waals surface area contributed by atoms with Crippen molar-refractivity contribution < 1.29 is 9.59 Å². The van der Waals surface area contributed by atoms with Crippen molar-refractivity contribution in [1.82, 2.24) is 10.2 Å². The maximum Gasteiger partial charge on any atom is 0.222 e. The summed E-state index contributed by atoms with van der Waals surface area (Å²) in [6.45, 7) is 1.44. The van der Waals surface area contributed by atoms with E-state index in [-0.39, 0.29) is 23.5 Å². The van der Waals surface area contributed by atoms with Crippen molar-refractivity contribution in [1.29, 1.82) is 0 Å². The van der Waals surface area contributed by atoms with Gasteiger partial charge in [0.15, 0.2) is 5.66 Å². The molecule has 2 fully saturated rings. The number of rotatable bonds is 8. The smallest absolute Gasteiger partial charge is 0.222 e. The average Bonchev–Trinajstić information content (AvgIpc) is 3.46. The molecule has 2 amide bonds. The summed E-state index contributed by atoms with van der Waals surface area (Å²) >= 11 is 0. The van der Waals surface area contributed by atoms with Crippen LogP contribution in [-0.4, -0.2) is 41.5 Å². The summed E-state index contributed by atoms with van der Waals surface area (Å²) in [5.74, 6) is 3.54. The topological polar surface area (TPSA) is 74.1 Å². The Hall–Kier alpha value is -1.90. The molecule has 0 radical (unpaired) electrons. The molecule has 1 saturated carbocycles. The van der Waals surface area contributed by atoms with Crippen LogP contribution in [0.2, 0.25) is 0 Å². The van der Waals surface area contributed by atoms with Gasteiger partial charge in [-0.25, -0.2) is 0 Å². The molecule has 6 heteroatoms. The van der Waals surface area contributed by atoms with Crippen LogP contribution >= 0.6 is 0 Å². The third-order valence-corrected chi connectivity index (χ3v) is 6.20. The van der Waals surface area contributed by atoms with E-state index >= 15 is 0 Å². The first-order valence-electron chi connectivity index (χ1n) is 10.5. The van der Waals surface area contributed by atoms with Crippen molar-refractivity contribution in [2.45, 2.75) is 88.8 Å². The lowest BCUT2D eigenvalue weighted by molar-refractivity contribution is -0.132. The zero-order chi connectivity index (χ0) is 19.1. The van der Waals surface area contributed by atoms with Crippen LogP contribution in [0, 0.1) is 18.3 Å². The van der Waals surface area contributed by atoms with Crippen LogP contribution in [-0.2, 0) is 9.59 Å². The minimum atomic E-state index is -0.382. The number of nitrogens with one attached hydrogen (secondary N) is 1. The Labute approximate surface area is 162 Å². The molecule has 3 rings (SSSR count). The van der Waals surface area contributed by atoms with Gasteiger partial charge in [0.1, 0.15) is 0 Å². The summed E-state index contributed by atoms with van der Waals surface area (Å²) in [7, 11) is 0. The van der Waals surface area contributed by atoms with E-state index in [1.807, 2.05) is 4.90 Å². The first kappa shape index (κ1) is 19.9. The van der Waals surface area contributed by atoms with Gasteiger partial charge in [0.25, 0.3) is 0 Å². The second kappa shape index (κ2) is 9.34. The van der Waals surface area contributed by atoms with Gasteiger partial charge >= 0.3 is 0 Å². The molecule has 0 unspecified atom stereocenters. The molecule has 0 aromatic rings. The zero-order valence-corrected chi connectivity index (χ0v) is 16.3. The van der Waals surface area contributed by atoms with Crippen LogP contribution in [0.25, 0.3) is 0 Å². The van der Waals surface area contributed by atoms with E-state index in [4.69, 9.17) is 6.42 Å². The largest absolute Gasteiger partial charge is 0.353 e. The van der Waals surface area contributed by atoms with Crippen LogP contribution < -0.4 is 5.32 Å². The molecule has 0 aromatic heterocycles. The summed E-state index contributed by atoms with van der Waals surface area (Å²) < 4.78 is 0. The van der Waals surface area contributed by atoms with Crippen molar-refractivity contribution in [2.75, 3.05) is 13.1 Å². The standard InChI is InChI=1S/C21H32N4O2/c1-2-3-12-21(23-24-21)13-9-20(27)25-14-10-18(11-15-25)22-19(26)16-17-7-5-4-6-8-17/h1,17-18H,3-16H2,(H,22,26). The van der Waals surface area contributed by atoms with Crippen molar-refractivity contribution in [3.05, 3.63) is 0 Å². The Morgan fingerprint density at radius 2 is 1.78 bits per heavy atom. The molecule has 27 heavy (non-hydrogen) atoms. The van der Waals surface area contributed by atoms with Gasteiger partial charge in [-0.05, 0) is 31.6 Å². The average molecular weight is 373 g/mol. The van der Waals surface area contributed by atoms with Gasteiger partial charge in [0, 0.05) is 51.2 Å². The van der Waals surface area contributed by atoms with Crippen LogP contribution in [0.1, 0.15) is 77.0 Å². The maximum atomic E-state index is 12.5. The number of amides is 2. The molecule has 0 atom stereocenters. The second-order valence-corrected chi connectivity index (χ2v) is 8.32. The Bertz CT molecular complexity index is 590. The first-order valence-corrected chi connectivity index (χ1v) is 10.5. The molecule has 1 N–H and O–H groups in total. The van der Waals surface area contributed by atoms with Gasteiger partial charge in [0.2, 0.25) is 11.8 Å².